The van der Waals surface area contributed by atoms with Crippen LogP contribution in [-0.2, 0) is 4.79 Å². The van der Waals surface area contributed by atoms with Crippen LogP contribution < -0.4 is 15.4 Å². The molecule has 1 heterocycles. The molecule has 0 spiro atoms. The number of nitrogens with zero attached hydrogens (tertiary/aromatic N) is 1. The first kappa shape index (κ1) is 14.8. The fourth-order valence-electron chi connectivity index (χ4n) is 2.36. The zero-order chi connectivity index (χ0) is 14.4. The molecule has 0 radical (unpaired) electrons. The first-order valence-electron chi connectivity index (χ1n) is 7.07. The Labute approximate surface area is 120 Å². The first-order valence-corrected chi connectivity index (χ1v) is 7.07. The molecule has 1 aliphatic rings. The van der Waals surface area contributed by atoms with Crippen molar-refractivity contribution in [1.29, 1.82) is 0 Å². The van der Waals surface area contributed by atoms with E-state index in [-0.39, 0.29) is 5.91 Å². The van der Waals surface area contributed by atoms with E-state index in [9.17, 15) is 4.79 Å². The highest BCUT2D eigenvalue weighted by atomic mass is 16.5. The van der Waals surface area contributed by atoms with Crippen LogP contribution >= 0.6 is 0 Å². The summed E-state index contributed by atoms with van der Waals surface area (Å²) in [7, 11) is 1.63. The SMILES string of the molecule is COc1ccc(NC(=O)CCN2CCNC[C@H]2C)cc1. The molecule has 0 aromatic heterocycles. The molecule has 1 aliphatic heterocycles. The third-order valence-electron chi connectivity index (χ3n) is 3.64. The summed E-state index contributed by atoms with van der Waals surface area (Å²) < 4.78 is 5.09. The molecule has 0 bridgehead atoms. The summed E-state index contributed by atoms with van der Waals surface area (Å²) in [6, 6.07) is 7.88. The molecule has 5 nitrogen and oxygen atoms in total. The quantitative estimate of drug-likeness (QED) is 0.852. The number of rotatable bonds is 5. The molecule has 1 saturated heterocycles. The highest BCUT2D eigenvalue weighted by Gasteiger charge is 2.18. The van der Waals surface area contributed by atoms with Crippen molar-refractivity contribution in [2.45, 2.75) is 19.4 Å². The second kappa shape index (κ2) is 7.26. The second-order valence-electron chi connectivity index (χ2n) is 5.12. The van der Waals surface area contributed by atoms with E-state index < -0.39 is 0 Å². The first-order chi connectivity index (χ1) is 9.69. The molecule has 1 fully saturated rings. The molecule has 110 valence electrons. The predicted molar refractivity (Wildman–Crippen MR) is 80.1 cm³/mol. The molecule has 2 rings (SSSR count). The summed E-state index contributed by atoms with van der Waals surface area (Å²) >= 11 is 0. The highest BCUT2D eigenvalue weighted by molar-refractivity contribution is 5.90. The van der Waals surface area contributed by atoms with Crippen LogP contribution in [-0.4, -0.2) is 50.1 Å². The van der Waals surface area contributed by atoms with Gasteiger partial charge in [0.1, 0.15) is 5.75 Å². The molecular weight excluding hydrogens is 254 g/mol. The Hall–Kier alpha value is -1.59. The summed E-state index contributed by atoms with van der Waals surface area (Å²) in [6.07, 6.45) is 0.524. The Morgan fingerprint density at radius 1 is 1.45 bits per heavy atom. The normalized spacial score (nSPS) is 19.6. The number of methoxy groups -OCH3 is 1. The van der Waals surface area contributed by atoms with Gasteiger partial charge in [0, 0.05) is 44.3 Å². The Balaban J connectivity index is 1.76. The summed E-state index contributed by atoms with van der Waals surface area (Å²) in [5, 5.41) is 6.26. The number of hydrogen-bond donors (Lipinski definition) is 2. The predicted octanol–water partition coefficient (Wildman–Crippen LogP) is 1.32. The van der Waals surface area contributed by atoms with Gasteiger partial charge in [-0.3, -0.25) is 9.69 Å². The molecule has 5 heteroatoms. The van der Waals surface area contributed by atoms with Gasteiger partial charge < -0.3 is 15.4 Å². The number of benzene rings is 1. The molecule has 2 N–H and O–H groups in total. The molecule has 0 saturated carbocycles. The second-order valence-corrected chi connectivity index (χ2v) is 5.12. The smallest absolute Gasteiger partial charge is 0.225 e. The van der Waals surface area contributed by atoms with Gasteiger partial charge in [0.25, 0.3) is 0 Å². The molecule has 20 heavy (non-hydrogen) atoms. The van der Waals surface area contributed by atoms with Crippen molar-refractivity contribution < 1.29 is 9.53 Å². The number of hydrogen-bond acceptors (Lipinski definition) is 4. The topological polar surface area (TPSA) is 53.6 Å². The fourth-order valence-corrected chi connectivity index (χ4v) is 2.36. The average molecular weight is 277 g/mol. The molecule has 1 atom stereocenters. The Kier molecular flexibility index (Phi) is 5.38. The van der Waals surface area contributed by atoms with Crippen LogP contribution in [0.5, 0.6) is 5.75 Å². The van der Waals surface area contributed by atoms with Gasteiger partial charge in [-0.05, 0) is 31.2 Å². The Morgan fingerprint density at radius 2 is 2.20 bits per heavy atom. The van der Waals surface area contributed by atoms with E-state index in [0.29, 0.717) is 12.5 Å². The minimum absolute atomic E-state index is 0.0564. The van der Waals surface area contributed by atoms with Gasteiger partial charge in [-0.15, -0.1) is 0 Å². The van der Waals surface area contributed by atoms with Crippen LogP contribution in [0.2, 0.25) is 0 Å². The van der Waals surface area contributed by atoms with Crippen molar-refractivity contribution in [3.63, 3.8) is 0 Å². The van der Waals surface area contributed by atoms with Gasteiger partial charge in [-0.1, -0.05) is 0 Å². The lowest BCUT2D eigenvalue weighted by Gasteiger charge is -2.33. The van der Waals surface area contributed by atoms with E-state index in [1.165, 1.54) is 0 Å². The van der Waals surface area contributed by atoms with Crippen molar-refractivity contribution in [3.8, 4) is 5.75 Å². The largest absolute Gasteiger partial charge is 0.497 e. The van der Waals surface area contributed by atoms with E-state index in [1.54, 1.807) is 7.11 Å². The standard InChI is InChI=1S/C15H23N3O2/c1-12-11-16-8-10-18(12)9-7-15(19)17-13-3-5-14(20-2)6-4-13/h3-6,12,16H,7-11H2,1-2H3,(H,17,19)/t12-/m1/s1. The van der Waals surface area contributed by atoms with Gasteiger partial charge in [0.2, 0.25) is 5.91 Å². The van der Waals surface area contributed by atoms with Gasteiger partial charge >= 0.3 is 0 Å². The summed E-state index contributed by atoms with van der Waals surface area (Å²) in [6.45, 7) is 6.01. The monoisotopic (exact) mass is 277 g/mol. The summed E-state index contributed by atoms with van der Waals surface area (Å²) in [5.41, 5.74) is 0.809. The minimum Gasteiger partial charge on any atom is -0.497 e. The third kappa shape index (κ3) is 4.21. The maximum Gasteiger partial charge on any atom is 0.225 e. The van der Waals surface area contributed by atoms with E-state index in [4.69, 9.17) is 4.74 Å². The van der Waals surface area contributed by atoms with Crippen LogP contribution in [0.3, 0.4) is 0 Å². The average Bonchev–Trinajstić information content (AvgIpc) is 2.47. The van der Waals surface area contributed by atoms with Gasteiger partial charge in [-0.2, -0.15) is 0 Å². The van der Waals surface area contributed by atoms with Crippen LogP contribution in [0, 0.1) is 0 Å². The highest BCUT2D eigenvalue weighted by Crippen LogP contribution is 2.15. The Morgan fingerprint density at radius 3 is 2.85 bits per heavy atom. The number of amides is 1. The zero-order valence-electron chi connectivity index (χ0n) is 12.2. The maximum absolute atomic E-state index is 11.9. The number of ether oxygens (including phenoxy) is 1. The summed E-state index contributed by atoms with van der Waals surface area (Å²) in [5.74, 6) is 0.846. The lowest BCUT2D eigenvalue weighted by Crippen LogP contribution is -2.50. The minimum atomic E-state index is 0.0564. The molecule has 1 amide bonds. The maximum atomic E-state index is 11.9. The lowest BCUT2D eigenvalue weighted by molar-refractivity contribution is -0.116. The molecule has 1 aromatic carbocycles. The lowest BCUT2D eigenvalue weighted by atomic mass is 10.2. The number of carbonyl (C=O) groups excluding carboxylic acids is 1. The van der Waals surface area contributed by atoms with E-state index >= 15 is 0 Å². The fraction of sp³-hybridized carbons (Fsp3) is 0.533. The van der Waals surface area contributed by atoms with Crippen LogP contribution in [0.4, 0.5) is 5.69 Å². The van der Waals surface area contributed by atoms with E-state index in [1.807, 2.05) is 24.3 Å². The van der Waals surface area contributed by atoms with Crippen LogP contribution in [0.25, 0.3) is 0 Å². The molecular formula is C15H23N3O2. The molecule has 0 aliphatic carbocycles. The number of nitrogens with one attached hydrogen (secondary N) is 2. The number of piperazine rings is 1. The van der Waals surface area contributed by atoms with Crippen molar-refractivity contribution in [2.75, 3.05) is 38.6 Å². The van der Waals surface area contributed by atoms with Crippen LogP contribution in [0.15, 0.2) is 24.3 Å². The van der Waals surface area contributed by atoms with E-state index in [2.05, 4.69) is 22.5 Å². The molecule has 0 unspecified atom stereocenters. The van der Waals surface area contributed by atoms with Gasteiger partial charge in [0.15, 0.2) is 0 Å². The number of anilines is 1. The van der Waals surface area contributed by atoms with Crippen molar-refractivity contribution >= 4 is 11.6 Å². The van der Waals surface area contributed by atoms with Crippen molar-refractivity contribution in [1.82, 2.24) is 10.2 Å². The Bertz CT molecular complexity index is 433. The molecule has 1 aromatic rings. The summed E-state index contributed by atoms with van der Waals surface area (Å²) in [4.78, 5) is 14.3. The van der Waals surface area contributed by atoms with Crippen molar-refractivity contribution in [2.24, 2.45) is 0 Å². The van der Waals surface area contributed by atoms with Gasteiger partial charge in [-0.25, -0.2) is 0 Å². The van der Waals surface area contributed by atoms with Crippen molar-refractivity contribution in [3.05, 3.63) is 24.3 Å². The van der Waals surface area contributed by atoms with Crippen LogP contribution in [0.1, 0.15) is 13.3 Å². The number of carbonyl (C=O) groups is 1. The zero-order valence-corrected chi connectivity index (χ0v) is 12.2. The van der Waals surface area contributed by atoms with Gasteiger partial charge in [0.05, 0.1) is 7.11 Å². The third-order valence-corrected chi connectivity index (χ3v) is 3.64. The van der Waals surface area contributed by atoms with E-state index in [0.717, 1.165) is 37.6 Å².